The van der Waals surface area contributed by atoms with Crippen molar-refractivity contribution in [3.8, 4) is 22.0 Å². The minimum Gasteiger partial charge on any atom is -0.353 e. The number of thiazole rings is 1. The molecule has 0 atom stereocenters. The molecule has 0 aliphatic heterocycles. The number of hydrogen-bond acceptors (Lipinski definition) is 4. The molecule has 3 rings (SSSR count). The molecule has 0 aliphatic rings. The first-order valence-corrected chi connectivity index (χ1v) is 9.57. The zero-order valence-electron chi connectivity index (χ0n) is 14.8. The van der Waals surface area contributed by atoms with Gasteiger partial charge in [-0.1, -0.05) is 23.7 Å². The second-order valence-electron chi connectivity index (χ2n) is 6.22. The van der Waals surface area contributed by atoms with E-state index in [2.05, 4.69) is 5.32 Å². The molecule has 5 nitrogen and oxygen atoms in total. The first-order chi connectivity index (χ1) is 12.5. The van der Waals surface area contributed by atoms with E-state index in [1.54, 1.807) is 11.3 Å². The highest BCUT2D eigenvalue weighted by Gasteiger charge is 2.12. The summed E-state index contributed by atoms with van der Waals surface area (Å²) in [5.41, 5.74) is 2.87. The molecule has 3 aromatic rings. The molecule has 2 aromatic heterocycles. The quantitative estimate of drug-likeness (QED) is 0.672. The largest absolute Gasteiger partial charge is 0.353 e. The average Bonchev–Trinajstić information content (AvgIpc) is 3.24. The van der Waals surface area contributed by atoms with Crippen molar-refractivity contribution < 1.29 is 4.79 Å². The monoisotopic (exact) mass is 388 g/mol. The van der Waals surface area contributed by atoms with Crippen LogP contribution in [0, 0.1) is 0 Å². The summed E-state index contributed by atoms with van der Waals surface area (Å²) in [6, 6.07) is 11.5. The molecule has 0 spiro atoms. The molecule has 0 fully saturated rings. The van der Waals surface area contributed by atoms with Crippen LogP contribution in [-0.4, -0.2) is 47.5 Å². The number of hydrogen-bond donors (Lipinski definition) is 1. The number of aromatic nitrogens is 2. The summed E-state index contributed by atoms with van der Waals surface area (Å²) in [6.45, 7) is 1.74. The Labute approximate surface area is 162 Å². The molecule has 1 N–H and O–H groups in total. The molecule has 0 unspecified atom stereocenters. The van der Waals surface area contributed by atoms with Crippen LogP contribution in [0.2, 0.25) is 5.02 Å². The van der Waals surface area contributed by atoms with Gasteiger partial charge in [-0.2, -0.15) is 0 Å². The molecule has 26 heavy (non-hydrogen) atoms. The summed E-state index contributed by atoms with van der Waals surface area (Å²) in [5.74, 6) is -0.00113. The zero-order chi connectivity index (χ0) is 18.5. The third kappa shape index (κ3) is 4.72. The first kappa shape index (κ1) is 18.6. The lowest BCUT2D eigenvalue weighted by atomic mass is 10.2. The van der Waals surface area contributed by atoms with Crippen molar-refractivity contribution in [3.05, 3.63) is 53.0 Å². The van der Waals surface area contributed by atoms with E-state index in [-0.39, 0.29) is 12.5 Å². The maximum Gasteiger partial charge on any atom is 0.239 e. The molecule has 0 aliphatic carbocycles. The Bertz CT molecular complexity index is 870. The van der Waals surface area contributed by atoms with Crippen molar-refractivity contribution in [1.29, 1.82) is 0 Å². The van der Waals surface area contributed by atoms with Gasteiger partial charge in [0.25, 0.3) is 0 Å². The lowest BCUT2D eigenvalue weighted by Gasteiger charge is -2.11. The van der Waals surface area contributed by atoms with Crippen LogP contribution in [0.5, 0.6) is 0 Å². The van der Waals surface area contributed by atoms with Crippen LogP contribution in [0.3, 0.4) is 0 Å². The van der Waals surface area contributed by atoms with Crippen molar-refractivity contribution >= 4 is 28.8 Å². The Morgan fingerprint density at radius 2 is 2.04 bits per heavy atom. The number of carbonyl (C=O) groups is 1. The van der Waals surface area contributed by atoms with Gasteiger partial charge in [0.05, 0.1) is 11.4 Å². The fourth-order valence-corrected chi connectivity index (χ4v) is 3.52. The van der Waals surface area contributed by atoms with Crippen molar-refractivity contribution in [2.24, 2.45) is 0 Å². The van der Waals surface area contributed by atoms with Gasteiger partial charge in [0.2, 0.25) is 5.91 Å². The first-order valence-electron chi connectivity index (χ1n) is 8.31. The lowest BCUT2D eigenvalue weighted by molar-refractivity contribution is -0.121. The summed E-state index contributed by atoms with van der Waals surface area (Å²) >= 11 is 7.51. The minimum absolute atomic E-state index is 0.00113. The Morgan fingerprint density at radius 1 is 1.27 bits per heavy atom. The highest BCUT2D eigenvalue weighted by atomic mass is 35.5. The molecule has 0 saturated carbocycles. The maximum atomic E-state index is 12.2. The lowest BCUT2D eigenvalue weighted by Crippen LogP contribution is -2.33. The predicted octanol–water partition coefficient (Wildman–Crippen LogP) is 3.61. The van der Waals surface area contributed by atoms with Crippen molar-refractivity contribution in [2.45, 2.75) is 6.54 Å². The van der Waals surface area contributed by atoms with E-state index in [4.69, 9.17) is 16.6 Å². The van der Waals surface area contributed by atoms with Crippen LogP contribution in [0.4, 0.5) is 0 Å². The molecular weight excluding hydrogens is 368 g/mol. The summed E-state index contributed by atoms with van der Waals surface area (Å²) in [4.78, 5) is 18.9. The molecule has 0 saturated heterocycles. The van der Waals surface area contributed by atoms with Crippen LogP contribution in [0.1, 0.15) is 0 Å². The molecule has 136 valence electrons. The molecule has 7 heteroatoms. The number of nitrogens with one attached hydrogen (secondary N) is 1. The number of benzene rings is 1. The van der Waals surface area contributed by atoms with Crippen LogP contribution < -0.4 is 5.32 Å². The van der Waals surface area contributed by atoms with Crippen LogP contribution in [-0.2, 0) is 11.3 Å². The molecule has 1 aromatic carbocycles. The van der Waals surface area contributed by atoms with E-state index in [9.17, 15) is 4.79 Å². The van der Waals surface area contributed by atoms with Crippen LogP contribution in [0.25, 0.3) is 22.0 Å². The van der Waals surface area contributed by atoms with Crippen LogP contribution >= 0.6 is 22.9 Å². The minimum atomic E-state index is -0.00113. The highest BCUT2D eigenvalue weighted by molar-refractivity contribution is 7.13. The van der Waals surface area contributed by atoms with E-state index in [1.807, 2.05) is 71.5 Å². The van der Waals surface area contributed by atoms with Crippen LogP contribution in [0.15, 0.2) is 48.0 Å². The third-order valence-corrected chi connectivity index (χ3v) is 5.00. The van der Waals surface area contributed by atoms with Crippen molar-refractivity contribution in [1.82, 2.24) is 19.8 Å². The number of likely N-dealkylation sites (N-methyl/N-ethyl adjacent to an activating group) is 1. The number of carbonyl (C=O) groups excluding carboxylic acids is 1. The molecule has 0 bridgehead atoms. The second kappa shape index (κ2) is 8.49. The Hall–Kier alpha value is -2.15. The Kier molecular flexibility index (Phi) is 6.08. The van der Waals surface area contributed by atoms with Gasteiger partial charge in [-0.25, -0.2) is 4.98 Å². The normalized spacial score (nSPS) is 11.1. The van der Waals surface area contributed by atoms with E-state index in [0.29, 0.717) is 11.6 Å². The topological polar surface area (TPSA) is 50.2 Å². The second-order valence-corrected chi connectivity index (χ2v) is 7.51. The maximum absolute atomic E-state index is 12.2. The van der Waals surface area contributed by atoms with Gasteiger partial charge in [-0.15, -0.1) is 11.3 Å². The summed E-state index contributed by atoms with van der Waals surface area (Å²) in [6.07, 6.45) is 1.91. The fraction of sp³-hybridized carbons (Fsp3) is 0.263. The smallest absolute Gasteiger partial charge is 0.239 e. The van der Waals surface area contributed by atoms with E-state index < -0.39 is 0 Å². The fourth-order valence-electron chi connectivity index (χ4n) is 2.52. The van der Waals surface area contributed by atoms with E-state index in [1.165, 1.54) is 0 Å². The summed E-state index contributed by atoms with van der Waals surface area (Å²) in [7, 11) is 3.97. The zero-order valence-corrected chi connectivity index (χ0v) is 16.3. The molecular formula is C19H21ClN4OS. The summed E-state index contributed by atoms with van der Waals surface area (Å²) in [5, 5.41) is 6.55. The highest BCUT2D eigenvalue weighted by Crippen LogP contribution is 2.29. The van der Waals surface area contributed by atoms with E-state index >= 15 is 0 Å². The van der Waals surface area contributed by atoms with Gasteiger partial charge in [0.15, 0.2) is 0 Å². The SMILES string of the molecule is CN(C)CCNC(=O)Cn1cccc1-c1nc(-c2ccc(Cl)cc2)cs1. The molecule has 0 radical (unpaired) electrons. The molecule has 1 amide bonds. The number of amides is 1. The Morgan fingerprint density at radius 3 is 2.77 bits per heavy atom. The van der Waals surface area contributed by atoms with Gasteiger partial charge in [0, 0.05) is 35.3 Å². The van der Waals surface area contributed by atoms with Gasteiger partial charge in [-0.05, 0) is 38.4 Å². The number of rotatable bonds is 7. The predicted molar refractivity (Wildman–Crippen MR) is 108 cm³/mol. The Balaban J connectivity index is 1.70. The third-order valence-electron chi connectivity index (χ3n) is 3.89. The van der Waals surface area contributed by atoms with Gasteiger partial charge < -0.3 is 14.8 Å². The molecule has 2 heterocycles. The van der Waals surface area contributed by atoms with Gasteiger partial charge in [-0.3, -0.25) is 4.79 Å². The average molecular weight is 389 g/mol. The van der Waals surface area contributed by atoms with Crippen molar-refractivity contribution in [3.63, 3.8) is 0 Å². The summed E-state index contributed by atoms with van der Waals surface area (Å²) < 4.78 is 1.93. The van der Waals surface area contributed by atoms with Gasteiger partial charge >= 0.3 is 0 Å². The van der Waals surface area contributed by atoms with E-state index in [0.717, 1.165) is 28.5 Å². The van der Waals surface area contributed by atoms with Crippen molar-refractivity contribution in [2.75, 3.05) is 27.2 Å². The number of halogens is 1. The van der Waals surface area contributed by atoms with Gasteiger partial charge in [0.1, 0.15) is 11.6 Å². The standard InChI is InChI=1S/C19H21ClN4OS/c1-23(2)11-9-21-18(25)12-24-10-3-4-17(24)19-22-16(13-26-19)14-5-7-15(20)8-6-14/h3-8,10,13H,9,11-12H2,1-2H3,(H,21,25). The number of nitrogens with zero attached hydrogens (tertiary/aromatic N) is 3.